The minimum Gasteiger partial charge on any atom is -0.437 e. The van der Waals surface area contributed by atoms with Crippen LogP contribution in [0, 0.1) is 0 Å². The van der Waals surface area contributed by atoms with Crippen molar-refractivity contribution in [1.29, 1.82) is 0 Å². The summed E-state index contributed by atoms with van der Waals surface area (Å²) < 4.78 is 40.6. The molecule has 0 spiro atoms. The average Bonchev–Trinajstić information content (AvgIpc) is 1.74. The molecule has 1 aliphatic carbocycles. The average molecular weight is 203 g/mol. The van der Waals surface area contributed by atoms with Crippen LogP contribution in [0.4, 0.5) is 18.0 Å². The molecule has 12 heavy (non-hydrogen) atoms. The Kier molecular flexibility index (Phi) is 2.25. The molecule has 0 aromatic carbocycles. The molecule has 1 aliphatic rings. The Balaban J connectivity index is 2.70. The fourth-order valence-electron chi connectivity index (χ4n) is 1.09. The van der Waals surface area contributed by atoms with E-state index in [1.54, 1.807) is 0 Å². The Bertz CT molecular complexity index is 197. The molecule has 1 saturated carbocycles. The van der Waals surface area contributed by atoms with Gasteiger partial charge in [-0.2, -0.15) is 13.2 Å². The summed E-state index contributed by atoms with van der Waals surface area (Å²) in [6, 6.07) is 0. The molecular formula is C6H6ClF3O2. The van der Waals surface area contributed by atoms with Crippen LogP contribution in [-0.4, -0.2) is 17.2 Å². The van der Waals surface area contributed by atoms with Gasteiger partial charge in [-0.1, -0.05) is 0 Å². The molecule has 0 amide bonds. The molecule has 0 aromatic heterocycles. The van der Waals surface area contributed by atoms with E-state index in [2.05, 4.69) is 4.74 Å². The molecule has 1 fully saturated rings. The number of halogens is 4. The second-order valence-electron chi connectivity index (χ2n) is 2.69. The maximum Gasteiger partial charge on any atom is 0.428 e. The summed E-state index contributed by atoms with van der Waals surface area (Å²) >= 11 is 4.72. The lowest BCUT2D eigenvalue weighted by Gasteiger charge is -2.41. The molecule has 0 heterocycles. The van der Waals surface area contributed by atoms with Gasteiger partial charge in [0.05, 0.1) is 0 Å². The van der Waals surface area contributed by atoms with Crippen LogP contribution in [0.1, 0.15) is 19.3 Å². The van der Waals surface area contributed by atoms with Gasteiger partial charge in [0.2, 0.25) is 5.60 Å². The Morgan fingerprint density at radius 3 is 2.00 bits per heavy atom. The van der Waals surface area contributed by atoms with Crippen LogP contribution in [0.3, 0.4) is 0 Å². The van der Waals surface area contributed by atoms with Crippen molar-refractivity contribution in [3.63, 3.8) is 0 Å². The first-order valence-electron chi connectivity index (χ1n) is 3.33. The quantitative estimate of drug-likeness (QED) is 0.611. The van der Waals surface area contributed by atoms with Crippen molar-refractivity contribution in [1.82, 2.24) is 0 Å². The highest BCUT2D eigenvalue weighted by Gasteiger charge is 2.61. The van der Waals surface area contributed by atoms with E-state index < -0.39 is 17.2 Å². The van der Waals surface area contributed by atoms with E-state index in [1.807, 2.05) is 0 Å². The summed E-state index contributed by atoms with van der Waals surface area (Å²) in [6.45, 7) is 0. The molecule has 0 atom stereocenters. The number of hydrogen-bond donors (Lipinski definition) is 0. The van der Waals surface area contributed by atoms with Gasteiger partial charge in [-0.25, -0.2) is 4.79 Å². The minimum atomic E-state index is -4.50. The van der Waals surface area contributed by atoms with Gasteiger partial charge in [-0.15, -0.1) is 0 Å². The van der Waals surface area contributed by atoms with Gasteiger partial charge in [-0.3, -0.25) is 0 Å². The van der Waals surface area contributed by atoms with Crippen LogP contribution in [0.15, 0.2) is 0 Å². The van der Waals surface area contributed by atoms with E-state index in [9.17, 15) is 18.0 Å². The van der Waals surface area contributed by atoms with Crippen molar-refractivity contribution in [2.75, 3.05) is 0 Å². The number of ether oxygens (including phenoxy) is 1. The number of carbonyl (C=O) groups is 1. The number of carbonyl (C=O) groups excluding carboxylic acids is 1. The zero-order chi connectivity index (χ0) is 9.41. The first-order valence-corrected chi connectivity index (χ1v) is 3.70. The zero-order valence-corrected chi connectivity index (χ0v) is 6.71. The second-order valence-corrected chi connectivity index (χ2v) is 2.99. The molecule has 0 N–H and O–H groups in total. The maximum absolute atomic E-state index is 12.2. The van der Waals surface area contributed by atoms with E-state index in [-0.39, 0.29) is 12.8 Å². The molecular weight excluding hydrogens is 197 g/mol. The van der Waals surface area contributed by atoms with Crippen LogP contribution in [0.2, 0.25) is 0 Å². The molecule has 70 valence electrons. The highest BCUT2D eigenvalue weighted by molar-refractivity contribution is 6.61. The zero-order valence-electron chi connectivity index (χ0n) is 5.95. The van der Waals surface area contributed by atoms with E-state index >= 15 is 0 Å². The largest absolute Gasteiger partial charge is 0.437 e. The van der Waals surface area contributed by atoms with Crippen LogP contribution < -0.4 is 0 Å². The van der Waals surface area contributed by atoms with Crippen molar-refractivity contribution < 1.29 is 22.7 Å². The van der Waals surface area contributed by atoms with E-state index in [0.717, 1.165) is 0 Å². The topological polar surface area (TPSA) is 26.3 Å². The summed E-state index contributed by atoms with van der Waals surface area (Å²) in [5.41, 5.74) is -3.70. The van der Waals surface area contributed by atoms with Crippen molar-refractivity contribution in [3.05, 3.63) is 0 Å². The molecule has 0 saturated heterocycles. The first kappa shape index (κ1) is 9.64. The second kappa shape index (κ2) is 2.80. The summed E-state index contributed by atoms with van der Waals surface area (Å²) in [6.07, 6.45) is -4.47. The molecule has 6 heteroatoms. The summed E-state index contributed by atoms with van der Waals surface area (Å²) in [7, 11) is 0. The fraction of sp³-hybridized carbons (Fsp3) is 0.833. The maximum atomic E-state index is 12.2. The minimum absolute atomic E-state index is 0.186. The molecule has 2 nitrogen and oxygen atoms in total. The highest BCUT2D eigenvalue weighted by atomic mass is 35.5. The molecule has 0 aliphatic heterocycles. The lowest BCUT2D eigenvalue weighted by Crippen LogP contribution is -2.53. The highest BCUT2D eigenvalue weighted by Crippen LogP contribution is 2.48. The van der Waals surface area contributed by atoms with E-state index in [1.165, 1.54) is 0 Å². The normalized spacial score (nSPS) is 21.3. The SMILES string of the molecule is O=C(Cl)OC1(C(F)(F)F)CCC1. The Morgan fingerprint density at radius 1 is 1.42 bits per heavy atom. The number of hydrogen-bond acceptors (Lipinski definition) is 2. The van der Waals surface area contributed by atoms with Crippen molar-refractivity contribution in [2.24, 2.45) is 0 Å². The van der Waals surface area contributed by atoms with Crippen LogP contribution in [0.5, 0.6) is 0 Å². The predicted molar refractivity (Wildman–Crippen MR) is 35.0 cm³/mol. The predicted octanol–water partition coefficient (Wildman–Crippen LogP) is 2.85. The standard InChI is InChI=1S/C6H6ClF3O2/c7-4(11)12-5(2-1-3-5)6(8,9)10/h1-3H2. The van der Waals surface area contributed by atoms with Gasteiger partial charge in [0, 0.05) is 11.6 Å². The number of rotatable bonds is 1. The van der Waals surface area contributed by atoms with E-state index in [0.29, 0.717) is 6.42 Å². The summed E-state index contributed by atoms with van der Waals surface area (Å²) in [5, 5.41) is 0. The van der Waals surface area contributed by atoms with Crippen LogP contribution >= 0.6 is 11.6 Å². The summed E-state index contributed by atoms with van der Waals surface area (Å²) in [4.78, 5) is 10.1. The Hall–Kier alpha value is -0.450. The van der Waals surface area contributed by atoms with Crippen LogP contribution in [-0.2, 0) is 4.74 Å². The molecule has 0 radical (unpaired) electrons. The third kappa shape index (κ3) is 1.50. The van der Waals surface area contributed by atoms with Gasteiger partial charge < -0.3 is 4.74 Å². The van der Waals surface area contributed by atoms with Crippen molar-refractivity contribution in [2.45, 2.75) is 31.0 Å². The Morgan fingerprint density at radius 2 is 1.92 bits per heavy atom. The van der Waals surface area contributed by atoms with E-state index in [4.69, 9.17) is 11.6 Å². The first-order chi connectivity index (χ1) is 5.37. The fourth-order valence-corrected chi connectivity index (χ4v) is 1.24. The van der Waals surface area contributed by atoms with Gasteiger partial charge in [-0.05, 0) is 19.3 Å². The lowest BCUT2D eigenvalue weighted by molar-refractivity contribution is -0.281. The molecule has 0 aromatic rings. The monoisotopic (exact) mass is 202 g/mol. The summed E-state index contributed by atoms with van der Waals surface area (Å²) in [5.74, 6) is 0. The van der Waals surface area contributed by atoms with Gasteiger partial charge >= 0.3 is 11.6 Å². The van der Waals surface area contributed by atoms with Crippen LogP contribution in [0.25, 0.3) is 0 Å². The number of alkyl halides is 3. The molecule has 0 bridgehead atoms. The van der Waals surface area contributed by atoms with Gasteiger partial charge in [0.25, 0.3) is 0 Å². The smallest absolute Gasteiger partial charge is 0.428 e. The third-order valence-electron chi connectivity index (χ3n) is 1.95. The van der Waals surface area contributed by atoms with Gasteiger partial charge in [0.1, 0.15) is 0 Å². The van der Waals surface area contributed by atoms with Crippen molar-refractivity contribution in [3.8, 4) is 0 Å². The molecule has 0 unspecified atom stereocenters. The third-order valence-corrected chi connectivity index (χ3v) is 2.03. The lowest BCUT2D eigenvalue weighted by atomic mass is 9.79. The molecule has 1 rings (SSSR count). The Labute approximate surface area is 71.6 Å². The van der Waals surface area contributed by atoms with Crippen molar-refractivity contribution >= 4 is 17.0 Å². The van der Waals surface area contributed by atoms with Gasteiger partial charge in [0.15, 0.2) is 0 Å².